The van der Waals surface area contributed by atoms with Gasteiger partial charge in [-0.3, -0.25) is 4.79 Å². The second kappa shape index (κ2) is 7.63. The summed E-state index contributed by atoms with van der Waals surface area (Å²) in [6, 6.07) is 14.8. The fourth-order valence-electron chi connectivity index (χ4n) is 2.86. The lowest BCUT2D eigenvalue weighted by atomic mass is 10.1. The summed E-state index contributed by atoms with van der Waals surface area (Å²) in [7, 11) is 0. The van der Waals surface area contributed by atoms with E-state index in [1.807, 2.05) is 42.7 Å². The van der Waals surface area contributed by atoms with E-state index in [2.05, 4.69) is 19.9 Å². The minimum absolute atomic E-state index is 0.256. The van der Waals surface area contributed by atoms with Gasteiger partial charge in [-0.25, -0.2) is 4.98 Å². The highest BCUT2D eigenvalue weighted by Crippen LogP contribution is 2.22. The van der Waals surface area contributed by atoms with Gasteiger partial charge in [-0.05, 0) is 42.8 Å². The summed E-state index contributed by atoms with van der Waals surface area (Å²) in [5.74, 6) is 1.25. The molecule has 3 heterocycles. The first-order chi connectivity index (χ1) is 13.2. The van der Waals surface area contributed by atoms with Crippen LogP contribution in [0.3, 0.4) is 0 Å². The standard InChI is InChI=1S/C20H17ClN4O2/c21-15-8-6-14(7-9-15)18-12-17(24-27-18)20(26)22-10-3-5-19-23-13-16-4-1-2-11-25(16)19/h1-2,4,6-9,11-13H,3,5,10H2,(H,22,26). The number of hydrogen-bond acceptors (Lipinski definition) is 4. The van der Waals surface area contributed by atoms with Gasteiger partial charge in [0, 0.05) is 35.8 Å². The number of carbonyl (C=O) groups is 1. The number of pyridine rings is 1. The van der Waals surface area contributed by atoms with Crippen LogP contribution in [-0.4, -0.2) is 27.0 Å². The van der Waals surface area contributed by atoms with Gasteiger partial charge in [0.25, 0.3) is 5.91 Å². The van der Waals surface area contributed by atoms with Crippen molar-refractivity contribution in [3.63, 3.8) is 0 Å². The van der Waals surface area contributed by atoms with E-state index in [4.69, 9.17) is 16.1 Å². The van der Waals surface area contributed by atoms with Gasteiger partial charge < -0.3 is 14.2 Å². The average Bonchev–Trinajstić information content (AvgIpc) is 3.33. The van der Waals surface area contributed by atoms with E-state index in [1.165, 1.54) is 0 Å². The number of aryl methyl sites for hydroxylation is 1. The van der Waals surface area contributed by atoms with Crippen LogP contribution in [0.2, 0.25) is 5.02 Å². The molecular formula is C20H17ClN4O2. The molecule has 7 heteroatoms. The van der Waals surface area contributed by atoms with Crippen molar-refractivity contribution in [1.82, 2.24) is 19.9 Å². The maximum Gasteiger partial charge on any atom is 0.273 e. The minimum Gasteiger partial charge on any atom is -0.355 e. The predicted molar refractivity (Wildman–Crippen MR) is 103 cm³/mol. The van der Waals surface area contributed by atoms with Crippen molar-refractivity contribution < 1.29 is 9.32 Å². The van der Waals surface area contributed by atoms with E-state index in [9.17, 15) is 4.79 Å². The topological polar surface area (TPSA) is 72.4 Å². The van der Waals surface area contributed by atoms with Crippen molar-refractivity contribution in [3.8, 4) is 11.3 Å². The second-order valence-corrected chi connectivity index (χ2v) is 6.55. The molecule has 0 atom stereocenters. The van der Waals surface area contributed by atoms with Crippen LogP contribution in [0.25, 0.3) is 16.8 Å². The third kappa shape index (κ3) is 3.85. The van der Waals surface area contributed by atoms with Crippen LogP contribution in [0.5, 0.6) is 0 Å². The molecular weight excluding hydrogens is 364 g/mol. The molecule has 0 bridgehead atoms. The normalized spacial score (nSPS) is 11.0. The van der Waals surface area contributed by atoms with E-state index in [0.717, 1.165) is 29.7 Å². The Morgan fingerprint density at radius 3 is 2.89 bits per heavy atom. The van der Waals surface area contributed by atoms with Crippen LogP contribution in [0, 0.1) is 0 Å². The van der Waals surface area contributed by atoms with Crippen LogP contribution in [0.15, 0.2) is 65.4 Å². The van der Waals surface area contributed by atoms with E-state index >= 15 is 0 Å². The maximum absolute atomic E-state index is 12.2. The molecule has 6 nitrogen and oxygen atoms in total. The average molecular weight is 381 g/mol. The molecule has 0 spiro atoms. The Balaban J connectivity index is 1.31. The molecule has 0 unspecified atom stereocenters. The van der Waals surface area contributed by atoms with Gasteiger partial charge in [-0.2, -0.15) is 0 Å². The summed E-state index contributed by atoms with van der Waals surface area (Å²) in [5.41, 5.74) is 2.14. The van der Waals surface area contributed by atoms with Gasteiger partial charge in [0.2, 0.25) is 0 Å². The number of imidazole rings is 1. The van der Waals surface area contributed by atoms with E-state index < -0.39 is 0 Å². The van der Waals surface area contributed by atoms with E-state index in [-0.39, 0.29) is 11.6 Å². The fraction of sp³-hybridized carbons (Fsp3) is 0.150. The van der Waals surface area contributed by atoms with Crippen molar-refractivity contribution in [3.05, 3.63) is 77.5 Å². The number of benzene rings is 1. The first-order valence-electron chi connectivity index (χ1n) is 8.62. The van der Waals surface area contributed by atoms with Crippen molar-refractivity contribution in [1.29, 1.82) is 0 Å². The van der Waals surface area contributed by atoms with Gasteiger partial charge in [0.05, 0.1) is 11.7 Å². The predicted octanol–water partition coefficient (Wildman–Crippen LogP) is 4.01. The van der Waals surface area contributed by atoms with Crippen molar-refractivity contribution in [2.24, 2.45) is 0 Å². The van der Waals surface area contributed by atoms with Crippen molar-refractivity contribution in [2.45, 2.75) is 12.8 Å². The van der Waals surface area contributed by atoms with Gasteiger partial charge in [0.1, 0.15) is 5.82 Å². The summed E-state index contributed by atoms with van der Waals surface area (Å²) in [6.45, 7) is 0.531. The number of aromatic nitrogens is 3. The fourth-order valence-corrected chi connectivity index (χ4v) is 2.98. The molecule has 0 saturated carbocycles. The van der Waals surface area contributed by atoms with Gasteiger partial charge in [0.15, 0.2) is 11.5 Å². The largest absolute Gasteiger partial charge is 0.355 e. The molecule has 0 aliphatic rings. The summed E-state index contributed by atoms with van der Waals surface area (Å²) in [5, 5.41) is 7.35. The zero-order valence-electron chi connectivity index (χ0n) is 14.4. The zero-order chi connectivity index (χ0) is 18.6. The Bertz CT molecular complexity index is 1070. The van der Waals surface area contributed by atoms with E-state index in [0.29, 0.717) is 17.3 Å². The molecule has 4 aromatic rings. The number of rotatable bonds is 6. The third-order valence-electron chi connectivity index (χ3n) is 4.25. The molecule has 0 radical (unpaired) electrons. The van der Waals surface area contributed by atoms with Gasteiger partial charge in [-0.15, -0.1) is 0 Å². The first-order valence-corrected chi connectivity index (χ1v) is 9.00. The Kier molecular flexibility index (Phi) is 4.89. The smallest absolute Gasteiger partial charge is 0.273 e. The quantitative estimate of drug-likeness (QED) is 0.513. The molecule has 136 valence electrons. The molecule has 1 aromatic carbocycles. The number of hydrogen-bond donors (Lipinski definition) is 1. The Morgan fingerprint density at radius 1 is 1.19 bits per heavy atom. The van der Waals surface area contributed by atoms with Crippen LogP contribution >= 0.6 is 11.6 Å². The Labute approximate surface area is 160 Å². The van der Waals surface area contributed by atoms with Crippen LogP contribution < -0.4 is 5.32 Å². The van der Waals surface area contributed by atoms with Crippen molar-refractivity contribution >= 4 is 23.0 Å². The first kappa shape index (κ1) is 17.3. The number of halogens is 1. The molecule has 0 fully saturated rings. The second-order valence-electron chi connectivity index (χ2n) is 6.11. The molecule has 3 aromatic heterocycles. The zero-order valence-corrected chi connectivity index (χ0v) is 15.2. The monoisotopic (exact) mass is 380 g/mol. The number of amides is 1. The third-order valence-corrected chi connectivity index (χ3v) is 4.50. The van der Waals surface area contributed by atoms with Gasteiger partial charge >= 0.3 is 0 Å². The number of nitrogens with zero attached hydrogens (tertiary/aromatic N) is 3. The molecule has 0 aliphatic heterocycles. The lowest BCUT2D eigenvalue weighted by Crippen LogP contribution is -2.25. The summed E-state index contributed by atoms with van der Waals surface area (Å²) in [6.07, 6.45) is 5.39. The van der Waals surface area contributed by atoms with E-state index in [1.54, 1.807) is 18.2 Å². The summed E-state index contributed by atoms with van der Waals surface area (Å²) in [4.78, 5) is 16.7. The molecule has 0 aliphatic carbocycles. The highest BCUT2D eigenvalue weighted by molar-refractivity contribution is 6.30. The van der Waals surface area contributed by atoms with Crippen LogP contribution in [-0.2, 0) is 6.42 Å². The SMILES string of the molecule is O=C(NCCCc1ncc2ccccn12)c1cc(-c2ccc(Cl)cc2)on1. The number of carbonyl (C=O) groups excluding carboxylic acids is 1. The van der Waals surface area contributed by atoms with Crippen molar-refractivity contribution in [2.75, 3.05) is 6.54 Å². The molecule has 1 N–H and O–H groups in total. The van der Waals surface area contributed by atoms with Gasteiger partial charge in [-0.1, -0.05) is 22.8 Å². The maximum atomic E-state index is 12.2. The lowest BCUT2D eigenvalue weighted by Gasteiger charge is -2.03. The highest BCUT2D eigenvalue weighted by atomic mass is 35.5. The Morgan fingerprint density at radius 2 is 2.04 bits per heavy atom. The lowest BCUT2D eigenvalue weighted by molar-refractivity contribution is 0.0944. The Hall–Kier alpha value is -3.12. The minimum atomic E-state index is -0.257. The molecule has 0 saturated heterocycles. The summed E-state index contributed by atoms with van der Waals surface area (Å²) >= 11 is 5.88. The molecule has 1 amide bonds. The molecule has 4 rings (SSSR count). The van der Waals surface area contributed by atoms with Crippen LogP contribution in [0.4, 0.5) is 0 Å². The summed E-state index contributed by atoms with van der Waals surface area (Å²) < 4.78 is 7.31. The molecule has 27 heavy (non-hydrogen) atoms. The number of fused-ring (bicyclic) bond motifs is 1. The highest BCUT2D eigenvalue weighted by Gasteiger charge is 2.13. The number of nitrogens with one attached hydrogen (secondary N) is 1. The van der Waals surface area contributed by atoms with Crippen LogP contribution in [0.1, 0.15) is 22.7 Å².